The smallest absolute Gasteiger partial charge is 0.335 e. The zero-order valence-electron chi connectivity index (χ0n) is 11.7. The first kappa shape index (κ1) is 16.1. The number of anilines is 1. The lowest BCUT2D eigenvalue weighted by Crippen LogP contribution is -2.29. The molecule has 1 N–H and O–H groups in total. The van der Waals surface area contributed by atoms with Gasteiger partial charge in [-0.05, 0) is 48.4 Å². The van der Waals surface area contributed by atoms with Crippen molar-refractivity contribution in [2.75, 3.05) is 10.8 Å². The Hall–Kier alpha value is -1.76. The molecule has 0 aliphatic carbocycles. The maximum atomic E-state index is 12.8. The number of hydrogen-bond donors (Lipinski definition) is 1. The summed E-state index contributed by atoms with van der Waals surface area (Å²) in [4.78, 5) is 11.0. The van der Waals surface area contributed by atoms with Gasteiger partial charge in [0.25, 0.3) is 10.0 Å². The second-order valence-electron chi connectivity index (χ2n) is 5.08. The Bertz CT molecular complexity index is 891. The van der Waals surface area contributed by atoms with Gasteiger partial charge in [-0.1, -0.05) is 23.2 Å². The highest BCUT2D eigenvalue weighted by atomic mass is 35.5. The van der Waals surface area contributed by atoms with Crippen LogP contribution in [0.2, 0.25) is 10.0 Å². The highest BCUT2D eigenvalue weighted by Gasteiger charge is 2.31. The summed E-state index contributed by atoms with van der Waals surface area (Å²) < 4.78 is 26.9. The van der Waals surface area contributed by atoms with E-state index < -0.39 is 16.0 Å². The van der Waals surface area contributed by atoms with E-state index in [9.17, 15) is 13.2 Å². The van der Waals surface area contributed by atoms with Gasteiger partial charge < -0.3 is 5.11 Å². The van der Waals surface area contributed by atoms with Gasteiger partial charge >= 0.3 is 5.97 Å². The Kier molecular flexibility index (Phi) is 4.00. The van der Waals surface area contributed by atoms with Gasteiger partial charge in [0.2, 0.25) is 0 Å². The first-order valence-corrected chi connectivity index (χ1v) is 8.84. The number of benzene rings is 2. The van der Waals surface area contributed by atoms with E-state index in [0.717, 1.165) is 0 Å². The SMILES string of the molecule is O=C(O)c1ccc2c(c1)CCN2S(=O)(=O)c1cc(Cl)cc(Cl)c1. The maximum Gasteiger partial charge on any atom is 0.335 e. The van der Waals surface area contributed by atoms with Crippen LogP contribution in [-0.4, -0.2) is 26.0 Å². The average Bonchev–Trinajstić information content (AvgIpc) is 2.89. The summed E-state index contributed by atoms with van der Waals surface area (Å²) >= 11 is 11.8. The molecule has 0 fully saturated rings. The van der Waals surface area contributed by atoms with Crippen LogP contribution in [0, 0.1) is 0 Å². The Morgan fingerprint density at radius 1 is 1.09 bits per heavy atom. The molecule has 5 nitrogen and oxygen atoms in total. The molecule has 1 heterocycles. The van der Waals surface area contributed by atoms with Crippen LogP contribution >= 0.6 is 23.2 Å². The molecule has 0 aromatic heterocycles. The second-order valence-corrected chi connectivity index (χ2v) is 7.82. The fraction of sp³-hybridized carbons (Fsp3) is 0.133. The van der Waals surface area contributed by atoms with E-state index in [2.05, 4.69) is 0 Å². The van der Waals surface area contributed by atoms with Crippen molar-refractivity contribution in [3.05, 3.63) is 57.6 Å². The molecule has 0 unspecified atom stereocenters. The van der Waals surface area contributed by atoms with Crippen LogP contribution in [0.15, 0.2) is 41.3 Å². The summed E-state index contributed by atoms with van der Waals surface area (Å²) in [7, 11) is -3.81. The quantitative estimate of drug-likeness (QED) is 0.896. The number of aromatic carboxylic acids is 1. The molecule has 0 saturated heterocycles. The van der Waals surface area contributed by atoms with Gasteiger partial charge in [0.15, 0.2) is 0 Å². The third kappa shape index (κ3) is 2.89. The summed E-state index contributed by atoms with van der Waals surface area (Å²) in [6.07, 6.45) is 0.448. The second kappa shape index (κ2) is 5.70. The van der Waals surface area contributed by atoms with Crippen LogP contribution in [0.4, 0.5) is 5.69 Å². The number of carboxylic acid groups (broad SMARTS) is 1. The minimum Gasteiger partial charge on any atom is -0.478 e. The van der Waals surface area contributed by atoms with Gasteiger partial charge in [-0.2, -0.15) is 0 Å². The largest absolute Gasteiger partial charge is 0.478 e. The molecule has 0 saturated carbocycles. The molecule has 0 atom stereocenters. The predicted molar refractivity (Wildman–Crippen MR) is 88.1 cm³/mol. The molecule has 1 aliphatic heterocycles. The monoisotopic (exact) mass is 371 g/mol. The topological polar surface area (TPSA) is 74.7 Å². The van der Waals surface area contributed by atoms with Crippen LogP contribution in [0.25, 0.3) is 0 Å². The fourth-order valence-electron chi connectivity index (χ4n) is 2.56. The normalized spacial score (nSPS) is 13.9. The minimum atomic E-state index is -3.81. The number of carbonyl (C=O) groups is 1. The van der Waals surface area contributed by atoms with Gasteiger partial charge in [0.05, 0.1) is 16.1 Å². The summed E-state index contributed by atoms with van der Waals surface area (Å²) in [5.41, 5.74) is 1.29. The van der Waals surface area contributed by atoms with Gasteiger partial charge in [0.1, 0.15) is 0 Å². The molecular formula is C15H11Cl2NO4S. The number of nitrogens with zero attached hydrogens (tertiary/aromatic N) is 1. The summed E-state index contributed by atoms with van der Waals surface area (Å²) in [5.74, 6) is -1.05. The van der Waals surface area contributed by atoms with Crippen molar-refractivity contribution < 1.29 is 18.3 Å². The predicted octanol–water partition coefficient (Wildman–Crippen LogP) is 3.44. The molecule has 0 amide bonds. The van der Waals surface area contributed by atoms with E-state index in [1.165, 1.54) is 40.7 Å². The lowest BCUT2D eigenvalue weighted by Gasteiger charge is -2.20. The molecule has 0 radical (unpaired) electrons. The average molecular weight is 372 g/mol. The van der Waals surface area contributed by atoms with Crippen molar-refractivity contribution in [1.82, 2.24) is 0 Å². The molecule has 3 rings (SSSR count). The zero-order valence-corrected chi connectivity index (χ0v) is 14.0. The fourth-order valence-corrected chi connectivity index (χ4v) is 4.79. The van der Waals surface area contributed by atoms with Crippen molar-refractivity contribution in [2.24, 2.45) is 0 Å². The lowest BCUT2D eigenvalue weighted by atomic mass is 10.1. The number of sulfonamides is 1. The number of fused-ring (bicyclic) bond motifs is 1. The van der Waals surface area contributed by atoms with Crippen LogP contribution in [0.5, 0.6) is 0 Å². The molecular weight excluding hydrogens is 361 g/mol. The first-order chi connectivity index (χ1) is 10.8. The van der Waals surface area contributed by atoms with E-state index in [-0.39, 0.29) is 27.0 Å². The zero-order chi connectivity index (χ0) is 16.8. The van der Waals surface area contributed by atoms with Crippen molar-refractivity contribution in [3.8, 4) is 0 Å². The van der Waals surface area contributed by atoms with Crippen LogP contribution in [0.3, 0.4) is 0 Å². The Labute approximate surface area is 143 Å². The number of halogens is 2. The highest BCUT2D eigenvalue weighted by molar-refractivity contribution is 7.92. The van der Waals surface area contributed by atoms with E-state index in [1.54, 1.807) is 0 Å². The molecule has 0 bridgehead atoms. The molecule has 23 heavy (non-hydrogen) atoms. The third-order valence-corrected chi connectivity index (χ3v) is 5.83. The summed E-state index contributed by atoms with van der Waals surface area (Å²) in [6, 6.07) is 8.53. The van der Waals surface area contributed by atoms with E-state index >= 15 is 0 Å². The highest BCUT2D eigenvalue weighted by Crippen LogP contribution is 2.34. The Balaban J connectivity index is 2.06. The van der Waals surface area contributed by atoms with Crippen LogP contribution < -0.4 is 4.31 Å². The summed E-state index contributed by atoms with van der Waals surface area (Å²) in [6.45, 7) is 0.241. The van der Waals surface area contributed by atoms with Gasteiger partial charge in [-0.15, -0.1) is 0 Å². The third-order valence-electron chi connectivity index (χ3n) is 3.60. The number of hydrogen-bond acceptors (Lipinski definition) is 3. The number of carboxylic acids is 1. The van der Waals surface area contributed by atoms with Gasteiger partial charge in [-0.3, -0.25) is 4.31 Å². The molecule has 8 heteroatoms. The standard InChI is InChI=1S/C15H11Cl2NO4S/c16-11-6-12(17)8-13(7-11)23(21,22)18-4-3-9-5-10(15(19)20)1-2-14(9)18/h1-2,5-8H,3-4H2,(H,19,20). The Morgan fingerprint density at radius 3 is 2.35 bits per heavy atom. The van der Waals surface area contributed by atoms with Crippen molar-refractivity contribution in [2.45, 2.75) is 11.3 Å². The molecule has 0 spiro atoms. The molecule has 2 aromatic rings. The van der Waals surface area contributed by atoms with Gasteiger partial charge in [0, 0.05) is 16.6 Å². The van der Waals surface area contributed by atoms with Crippen molar-refractivity contribution in [3.63, 3.8) is 0 Å². The van der Waals surface area contributed by atoms with Crippen molar-refractivity contribution >= 4 is 44.9 Å². The van der Waals surface area contributed by atoms with Gasteiger partial charge in [-0.25, -0.2) is 13.2 Å². The molecule has 120 valence electrons. The van der Waals surface area contributed by atoms with Crippen molar-refractivity contribution in [1.29, 1.82) is 0 Å². The van der Waals surface area contributed by atoms with Crippen LogP contribution in [0.1, 0.15) is 15.9 Å². The molecule has 1 aliphatic rings. The number of rotatable bonds is 3. The minimum absolute atomic E-state index is 0.00478. The Morgan fingerprint density at radius 2 is 1.74 bits per heavy atom. The summed E-state index contributed by atoms with van der Waals surface area (Å²) in [5, 5.41) is 9.49. The van der Waals surface area contributed by atoms with E-state index in [0.29, 0.717) is 17.7 Å². The lowest BCUT2D eigenvalue weighted by molar-refractivity contribution is 0.0697. The maximum absolute atomic E-state index is 12.8. The van der Waals surface area contributed by atoms with E-state index in [1.807, 2.05) is 0 Å². The first-order valence-electron chi connectivity index (χ1n) is 6.64. The van der Waals surface area contributed by atoms with Crippen LogP contribution in [-0.2, 0) is 16.4 Å². The molecule has 2 aromatic carbocycles. The van der Waals surface area contributed by atoms with E-state index in [4.69, 9.17) is 28.3 Å².